The Bertz CT molecular complexity index is 318. The molecule has 1 rings (SSSR count). The Labute approximate surface area is 82.6 Å². The number of nitrogens with one attached hydrogen (secondary N) is 1. The molecule has 1 heterocycles. The quantitative estimate of drug-likeness (QED) is 0.563. The molecule has 0 unspecified atom stereocenters. The molecule has 0 atom stereocenters. The molecule has 0 radical (unpaired) electrons. The van der Waals surface area contributed by atoms with Crippen LogP contribution in [0.4, 0.5) is 5.82 Å². The maximum Gasteiger partial charge on any atom is 0.198 e. The van der Waals surface area contributed by atoms with Gasteiger partial charge in [-0.1, -0.05) is 6.07 Å². The van der Waals surface area contributed by atoms with Crippen LogP contribution >= 0.6 is 0 Å². The van der Waals surface area contributed by atoms with Crippen LogP contribution in [-0.4, -0.2) is 24.1 Å². The van der Waals surface area contributed by atoms with E-state index in [0.717, 1.165) is 0 Å². The fraction of sp³-hybridized carbons (Fsp3) is 0.300. The lowest BCUT2D eigenvalue weighted by molar-refractivity contribution is 0.231. The van der Waals surface area contributed by atoms with Crippen molar-refractivity contribution in [3.05, 3.63) is 30.2 Å². The van der Waals surface area contributed by atoms with Gasteiger partial charge in [0.15, 0.2) is 11.7 Å². The van der Waals surface area contributed by atoms with E-state index >= 15 is 0 Å². The molecule has 0 saturated carbocycles. The summed E-state index contributed by atoms with van der Waals surface area (Å²) in [5.74, 6) is 2.70. The van der Waals surface area contributed by atoms with Crippen molar-refractivity contribution in [2.45, 2.75) is 6.92 Å². The minimum absolute atomic E-state index is 0.262. The molecule has 4 nitrogen and oxygen atoms in total. The number of hydrogen-bond donors (Lipinski definition) is 1. The van der Waals surface area contributed by atoms with Crippen molar-refractivity contribution in [3.63, 3.8) is 0 Å². The van der Waals surface area contributed by atoms with E-state index in [0.29, 0.717) is 19.0 Å². The lowest BCUT2D eigenvalue weighted by Crippen LogP contribution is -2.09. The highest BCUT2D eigenvalue weighted by atomic mass is 16.5. The summed E-state index contributed by atoms with van der Waals surface area (Å²) in [6, 6.07) is 5.50. The van der Waals surface area contributed by atoms with E-state index < -0.39 is 0 Å². The summed E-state index contributed by atoms with van der Waals surface area (Å²) in [7, 11) is 0. The smallest absolute Gasteiger partial charge is 0.198 e. The van der Waals surface area contributed by atoms with Gasteiger partial charge in [0.1, 0.15) is 5.82 Å². The number of rotatable bonds is 5. The van der Waals surface area contributed by atoms with E-state index in [-0.39, 0.29) is 5.76 Å². The number of anilines is 1. The van der Waals surface area contributed by atoms with Gasteiger partial charge in [-0.3, -0.25) is 0 Å². The van der Waals surface area contributed by atoms with Crippen LogP contribution in [0.15, 0.2) is 30.2 Å². The first-order valence-electron chi connectivity index (χ1n) is 4.38. The summed E-state index contributed by atoms with van der Waals surface area (Å²) in [5, 5.41) is 2.94. The molecule has 0 spiro atoms. The molecule has 0 fully saturated rings. The van der Waals surface area contributed by atoms with Crippen LogP contribution in [-0.2, 0) is 9.53 Å². The average Bonchev–Trinajstić information content (AvgIpc) is 2.25. The third kappa shape index (κ3) is 3.29. The van der Waals surface area contributed by atoms with E-state index in [2.05, 4.69) is 10.3 Å². The van der Waals surface area contributed by atoms with Crippen LogP contribution in [0.25, 0.3) is 0 Å². The molecular formula is C10H12N2O2. The normalized spacial score (nSPS) is 8.93. The van der Waals surface area contributed by atoms with Crippen molar-refractivity contribution in [2.75, 3.05) is 18.5 Å². The number of carbonyl (C=O) groups excluding carboxylic acids is 1. The van der Waals surface area contributed by atoms with Crippen LogP contribution in [0.3, 0.4) is 0 Å². The summed E-state index contributed by atoms with van der Waals surface area (Å²) in [6.07, 6.45) is 1.67. The Morgan fingerprint density at radius 3 is 3.07 bits per heavy atom. The minimum Gasteiger partial charge on any atom is -0.485 e. The fourth-order valence-electron chi connectivity index (χ4n) is 0.929. The Morgan fingerprint density at radius 1 is 1.64 bits per heavy atom. The van der Waals surface area contributed by atoms with Crippen molar-refractivity contribution in [1.82, 2.24) is 4.98 Å². The van der Waals surface area contributed by atoms with Crippen molar-refractivity contribution in [3.8, 4) is 0 Å². The Hall–Kier alpha value is -1.80. The summed E-state index contributed by atoms with van der Waals surface area (Å²) >= 11 is 0. The largest absolute Gasteiger partial charge is 0.485 e. The SMILES string of the molecule is CCOC(=C=O)CNc1ccccn1. The third-order valence-corrected chi connectivity index (χ3v) is 1.53. The molecule has 1 aromatic rings. The monoisotopic (exact) mass is 192 g/mol. The molecule has 0 aromatic carbocycles. The van der Waals surface area contributed by atoms with Gasteiger partial charge in [-0.25, -0.2) is 9.78 Å². The Kier molecular flexibility index (Phi) is 4.24. The van der Waals surface area contributed by atoms with Crippen molar-refractivity contribution in [2.24, 2.45) is 0 Å². The first-order chi connectivity index (χ1) is 6.86. The predicted molar refractivity (Wildman–Crippen MR) is 53.6 cm³/mol. The van der Waals surface area contributed by atoms with Crippen molar-refractivity contribution < 1.29 is 9.53 Å². The summed E-state index contributed by atoms with van der Waals surface area (Å²) in [5.41, 5.74) is 0. The number of nitrogens with zero attached hydrogens (tertiary/aromatic N) is 1. The fourth-order valence-corrected chi connectivity index (χ4v) is 0.929. The van der Waals surface area contributed by atoms with Gasteiger partial charge in [0.05, 0.1) is 13.2 Å². The zero-order valence-electron chi connectivity index (χ0n) is 7.99. The molecule has 74 valence electrons. The third-order valence-electron chi connectivity index (χ3n) is 1.53. The zero-order chi connectivity index (χ0) is 10.2. The highest BCUT2D eigenvalue weighted by Gasteiger charge is 1.98. The van der Waals surface area contributed by atoms with Crippen LogP contribution in [0.1, 0.15) is 6.92 Å². The summed E-state index contributed by atoms with van der Waals surface area (Å²) in [4.78, 5) is 14.4. The van der Waals surface area contributed by atoms with Crippen molar-refractivity contribution in [1.29, 1.82) is 0 Å². The topological polar surface area (TPSA) is 51.2 Å². The molecule has 0 aliphatic carbocycles. The van der Waals surface area contributed by atoms with Crippen LogP contribution in [0.5, 0.6) is 0 Å². The molecule has 0 amide bonds. The van der Waals surface area contributed by atoms with Crippen molar-refractivity contribution >= 4 is 11.8 Å². The minimum atomic E-state index is 0.262. The van der Waals surface area contributed by atoms with Crippen LogP contribution in [0.2, 0.25) is 0 Å². The lowest BCUT2D eigenvalue weighted by Gasteiger charge is -2.06. The molecule has 0 saturated heterocycles. The van der Waals surface area contributed by atoms with Gasteiger partial charge in [0.2, 0.25) is 0 Å². The Morgan fingerprint density at radius 2 is 2.50 bits per heavy atom. The molecule has 0 aliphatic heterocycles. The molecular weight excluding hydrogens is 180 g/mol. The van der Waals surface area contributed by atoms with E-state index in [1.54, 1.807) is 12.1 Å². The number of ether oxygens (including phenoxy) is 1. The predicted octanol–water partition coefficient (Wildman–Crippen LogP) is 1.25. The van der Waals surface area contributed by atoms with Gasteiger partial charge < -0.3 is 10.1 Å². The maximum absolute atomic E-state index is 10.4. The van der Waals surface area contributed by atoms with Crippen LogP contribution < -0.4 is 5.32 Å². The van der Waals surface area contributed by atoms with Gasteiger partial charge in [0.25, 0.3) is 0 Å². The van der Waals surface area contributed by atoms with Gasteiger partial charge in [-0.15, -0.1) is 0 Å². The van der Waals surface area contributed by atoms with Gasteiger partial charge in [-0.05, 0) is 19.1 Å². The first kappa shape index (κ1) is 10.3. The van der Waals surface area contributed by atoms with E-state index in [9.17, 15) is 4.79 Å². The number of aromatic nitrogens is 1. The van der Waals surface area contributed by atoms with Gasteiger partial charge >= 0.3 is 0 Å². The van der Waals surface area contributed by atoms with E-state index in [1.165, 1.54) is 0 Å². The number of hydrogen-bond acceptors (Lipinski definition) is 4. The van der Waals surface area contributed by atoms with E-state index in [4.69, 9.17) is 4.74 Å². The highest BCUT2D eigenvalue weighted by molar-refractivity contribution is 5.51. The Balaban J connectivity index is 2.44. The van der Waals surface area contributed by atoms with Gasteiger partial charge in [0, 0.05) is 6.20 Å². The second-order valence-corrected chi connectivity index (χ2v) is 2.53. The lowest BCUT2D eigenvalue weighted by atomic mass is 10.4. The molecule has 1 aromatic heterocycles. The first-order valence-corrected chi connectivity index (χ1v) is 4.38. The molecule has 4 heteroatoms. The molecule has 14 heavy (non-hydrogen) atoms. The summed E-state index contributed by atoms with van der Waals surface area (Å²) < 4.78 is 5.02. The standard InChI is InChI=1S/C10H12N2O2/c1-2-14-9(8-13)7-12-10-5-3-4-6-11-10/h3-6H,2,7H2,1H3,(H,11,12). The van der Waals surface area contributed by atoms with Crippen LogP contribution in [0, 0.1) is 0 Å². The molecule has 0 bridgehead atoms. The van der Waals surface area contributed by atoms with E-state index in [1.807, 2.05) is 25.1 Å². The summed E-state index contributed by atoms with van der Waals surface area (Å²) in [6.45, 7) is 2.60. The molecule has 0 aliphatic rings. The second kappa shape index (κ2) is 5.78. The molecule has 1 N–H and O–H groups in total. The zero-order valence-corrected chi connectivity index (χ0v) is 7.99. The highest BCUT2D eigenvalue weighted by Crippen LogP contribution is 2.01. The maximum atomic E-state index is 10.4. The average molecular weight is 192 g/mol. The second-order valence-electron chi connectivity index (χ2n) is 2.53. The van der Waals surface area contributed by atoms with Gasteiger partial charge in [-0.2, -0.15) is 0 Å². The number of pyridine rings is 1.